The average molecular weight is 431 g/mol. The van der Waals surface area contributed by atoms with E-state index in [0.29, 0.717) is 30.2 Å². The maximum Gasteiger partial charge on any atom is 0.273 e. The van der Waals surface area contributed by atoms with Crippen LogP contribution < -0.4 is 10.6 Å². The maximum atomic E-state index is 13.6. The van der Waals surface area contributed by atoms with Gasteiger partial charge in [0.05, 0.1) is 18.1 Å². The number of nitrogens with one attached hydrogen (secondary N) is 3. The summed E-state index contributed by atoms with van der Waals surface area (Å²) < 4.78 is 0. The zero-order valence-electron chi connectivity index (χ0n) is 18.4. The Balaban J connectivity index is 1.55. The first kappa shape index (κ1) is 20.3. The molecule has 4 aromatic rings. The van der Waals surface area contributed by atoms with Crippen LogP contribution in [0.2, 0.25) is 0 Å². The van der Waals surface area contributed by atoms with Gasteiger partial charge in [0.15, 0.2) is 11.5 Å². The normalized spacial score (nSPS) is 17.6. The molecule has 0 unspecified atom stereocenters. The number of benzene rings is 1. The van der Waals surface area contributed by atoms with Crippen molar-refractivity contribution in [3.05, 3.63) is 53.9 Å². The van der Waals surface area contributed by atoms with E-state index in [-0.39, 0.29) is 18.0 Å². The summed E-state index contributed by atoms with van der Waals surface area (Å²) in [6, 6.07) is 8.20. The summed E-state index contributed by atoms with van der Waals surface area (Å²) in [4.78, 5) is 36.1. The van der Waals surface area contributed by atoms with E-state index in [1.54, 1.807) is 6.33 Å². The molecule has 0 radical (unpaired) electrons. The van der Waals surface area contributed by atoms with Crippen LogP contribution >= 0.6 is 0 Å². The molecule has 5 rings (SSSR count). The molecule has 9 nitrogen and oxygen atoms in total. The third-order valence-electron chi connectivity index (χ3n) is 5.96. The summed E-state index contributed by atoms with van der Waals surface area (Å²) in [6.07, 6.45) is 3.08. The monoisotopic (exact) mass is 430 g/mol. The van der Waals surface area contributed by atoms with Crippen LogP contribution in [-0.4, -0.2) is 61.4 Å². The molecule has 1 aliphatic rings. The van der Waals surface area contributed by atoms with Crippen LogP contribution in [0.3, 0.4) is 0 Å². The van der Waals surface area contributed by atoms with Crippen molar-refractivity contribution in [2.45, 2.75) is 32.9 Å². The number of aromatic nitrogens is 5. The average Bonchev–Trinajstić information content (AvgIpc) is 3.28. The van der Waals surface area contributed by atoms with Crippen molar-refractivity contribution in [1.29, 1.82) is 0 Å². The van der Waals surface area contributed by atoms with Gasteiger partial charge < -0.3 is 20.5 Å². The number of rotatable bonds is 4. The van der Waals surface area contributed by atoms with Crippen LogP contribution in [0, 0.1) is 6.92 Å². The molecular weight excluding hydrogens is 404 g/mol. The molecule has 2 atom stereocenters. The fraction of sp³-hybridized carbons (Fsp3) is 0.348. The Kier molecular flexibility index (Phi) is 5.18. The SMILES string of the molecule is Cc1cccc2cc([C@H](C)Nc3ncnc4nc[nH]c34)nc(C(=O)N3CCN[C@H](C)C3)c12. The van der Waals surface area contributed by atoms with Gasteiger partial charge >= 0.3 is 0 Å². The van der Waals surface area contributed by atoms with Crippen LogP contribution in [0.4, 0.5) is 5.82 Å². The fourth-order valence-corrected chi connectivity index (χ4v) is 4.31. The van der Waals surface area contributed by atoms with Gasteiger partial charge in [0.1, 0.15) is 17.5 Å². The number of aromatic amines is 1. The van der Waals surface area contributed by atoms with Gasteiger partial charge in [0, 0.05) is 31.1 Å². The zero-order valence-corrected chi connectivity index (χ0v) is 18.4. The number of carbonyl (C=O) groups is 1. The van der Waals surface area contributed by atoms with Crippen molar-refractivity contribution in [3.63, 3.8) is 0 Å². The summed E-state index contributed by atoms with van der Waals surface area (Å²) >= 11 is 0. The van der Waals surface area contributed by atoms with Gasteiger partial charge in [0.2, 0.25) is 0 Å². The van der Waals surface area contributed by atoms with Crippen molar-refractivity contribution in [1.82, 2.24) is 35.1 Å². The largest absolute Gasteiger partial charge is 0.360 e. The van der Waals surface area contributed by atoms with E-state index >= 15 is 0 Å². The topological polar surface area (TPSA) is 112 Å². The minimum Gasteiger partial charge on any atom is -0.360 e. The highest BCUT2D eigenvalue weighted by Crippen LogP contribution is 2.28. The molecule has 1 saturated heterocycles. The predicted octanol–water partition coefficient (Wildman–Crippen LogP) is 2.82. The van der Waals surface area contributed by atoms with E-state index < -0.39 is 0 Å². The van der Waals surface area contributed by atoms with Crippen molar-refractivity contribution < 1.29 is 4.79 Å². The number of pyridine rings is 1. The number of hydrogen-bond acceptors (Lipinski definition) is 7. The number of hydrogen-bond donors (Lipinski definition) is 3. The first-order valence-electron chi connectivity index (χ1n) is 10.8. The first-order chi connectivity index (χ1) is 15.5. The van der Waals surface area contributed by atoms with Crippen LogP contribution in [0.5, 0.6) is 0 Å². The molecule has 4 heterocycles. The van der Waals surface area contributed by atoms with E-state index in [1.165, 1.54) is 6.33 Å². The van der Waals surface area contributed by atoms with Crippen molar-refractivity contribution >= 4 is 33.7 Å². The molecule has 1 amide bonds. The summed E-state index contributed by atoms with van der Waals surface area (Å²) in [6.45, 7) is 8.26. The molecule has 3 aromatic heterocycles. The Bertz CT molecular complexity index is 1300. The van der Waals surface area contributed by atoms with Crippen molar-refractivity contribution in [2.24, 2.45) is 0 Å². The highest BCUT2D eigenvalue weighted by Gasteiger charge is 2.26. The van der Waals surface area contributed by atoms with Gasteiger partial charge in [-0.25, -0.2) is 19.9 Å². The van der Waals surface area contributed by atoms with E-state index in [4.69, 9.17) is 4.98 Å². The number of anilines is 1. The van der Waals surface area contributed by atoms with E-state index in [9.17, 15) is 4.79 Å². The van der Waals surface area contributed by atoms with Gasteiger partial charge in [-0.2, -0.15) is 0 Å². The molecule has 0 spiro atoms. The fourth-order valence-electron chi connectivity index (χ4n) is 4.31. The summed E-state index contributed by atoms with van der Waals surface area (Å²) in [7, 11) is 0. The Morgan fingerprint density at radius 3 is 3.00 bits per heavy atom. The van der Waals surface area contributed by atoms with Crippen molar-refractivity contribution in [3.8, 4) is 0 Å². The van der Waals surface area contributed by atoms with Crippen LogP contribution in [0.1, 0.15) is 41.6 Å². The highest BCUT2D eigenvalue weighted by atomic mass is 16.2. The predicted molar refractivity (Wildman–Crippen MR) is 124 cm³/mol. The lowest BCUT2D eigenvalue weighted by molar-refractivity contribution is 0.0705. The van der Waals surface area contributed by atoms with E-state index in [2.05, 4.69) is 37.5 Å². The molecule has 3 N–H and O–H groups in total. The quantitative estimate of drug-likeness (QED) is 0.456. The number of imidazole rings is 1. The second kappa shape index (κ2) is 8.16. The second-order valence-electron chi connectivity index (χ2n) is 8.36. The number of aryl methyl sites for hydroxylation is 1. The minimum absolute atomic E-state index is 0.0234. The second-order valence-corrected chi connectivity index (χ2v) is 8.36. The Hall–Kier alpha value is -3.59. The Morgan fingerprint density at radius 1 is 1.28 bits per heavy atom. The van der Waals surface area contributed by atoms with Crippen molar-refractivity contribution in [2.75, 3.05) is 25.0 Å². The lowest BCUT2D eigenvalue weighted by Crippen LogP contribution is -2.51. The summed E-state index contributed by atoms with van der Waals surface area (Å²) in [5.41, 5.74) is 3.67. The number of amides is 1. The number of carbonyl (C=O) groups excluding carboxylic acids is 1. The molecule has 9 heteroatoms. The summed E-state index contributed by atoms with van der Waals surface area (Å²) in [5.74, 6) is 0.625. The van der Waals surface area contributed by atoms with Crippen LogP contribution in [0.25, 0.3) is 21.9 Å². The first-order valence-corrected chi connectivity index (χ1v) is 10.8. The molecular formula is C23H26N8O. The number of piperazine rings is 1. The van der Waals surface area contributed by atoms with Gasteiger partial charge in [-0.05, 0) is 37.8 Å². The highest BCUT2D eigenvalue weighted by molar-refractivity contribution is 6.06. The molecule has 0 bridgehead atoms. The smallest absolute Gasteiger partial charge is 0.273 e. The minimum atomic E-state index is -0.185. The lowest BCUT2D eigenvalue weighted by Gasteiger charge is -2.32. The van der Waals surface area contributed by atoms with Gasteiger partial charge in [-0.15, -0.1) is 0 Å². The third-order valence-corrected chi connectivity index (χ3v) is 5.96. The summed E-state index contributed by atoms with van der Waals surface area (Å²) in [5, 5.41) is 8.71. The number of nitrogens with zero attached hydrogens (tertiary/aromatic N) is 5. The van der Waals surface area contributed by atoms with Crippen LogP contribution in [0.15, 0.2) is 36.9 Å². The van der Waals surface area contributed by atoms with Crippen LogP contribution in [-0.2, 0) is 0 Å². The molecule has 1 fully saturated rings. The molecule has 164 valence electrons. The lowest BCUT2D eigenvalue weighted by atomic mass is 10.0. The van der Waals surface area contributed by atoms with E-state index in [1.807, 2.05) is 43.0 Å². The molecule has 1 aliphatic heterocycles. The third kappa shape index (κ3) is 3.64. The van der Waals surface area contributed by atoms with Gasteiger partial charge in [-0.3, -0.25) is 4.79 Å². The molecule has 32 heavy (non-hydrogen) atoms. The zero-order chi connectivity index (χ0) is 22.2. The van der Waals surface area contributed by atoms with E-state index in [0.717, 1.165) is 34.1 Å². The molecule has 0 aliphatic carbocycles. The van der Waals surface area contributed by atoms with Gasteiger partial charge in [0.25, 0.3) is 5.91 Å². The maximum absolute atomic E-state index is 13.6. The standard InChI is InChI=1S/C23H26N8O/c1-13-5-4-6-16-9-17(15(3)29-22-20-21(26-11-25-20)27-12-28-22)30-19(18(13)16)23(32)31-8-7-24-14(2)10-31/h4-6,9,11-12,14-15,24H,7-8,10H2,1-3H3,(H2,25,26,27,28,29)/t14-,15+/m1/s1. The number of fused-ring (bicyclic) bond motifs is 2. The Labute approximate surface area is 185 Å². The molecule has 0 saturated carbocycles. The van der Waals surface area contributed by atoms with Gasteiger partial charge in [-0.1, -0.05) is 18.2 Å². The number of H-pyrrole nitrogens is 1. The Morgan fingerprint density at radius 2 is 2.16 bits per heavy atom. The molecule has 1 aromatic carbocycles.